The summed E-state index contributed by atoms with van der Waals surface area (Å²) in [6.45, 7) is 1.85. The minimum Gasteiger partial charge on any atom is -0.497 e. The van der Waals surface area contributed by atoms with Crippen LogP contribution < -0.4 is 21.3 Å². The zero-order chi connectivity index (χ0) is 25.9. The van der Waals surface area contributed by atoms with Gasteiger partial charge in [0.2, 0.25) is 5.95 Å². The second kappa shape index (κ2) is 9.79. The summed E-state index contributed by atoms with van der Waals surface area (Å²) >= 11 is 0. The number of ether oxygens (including phenoxy) is 1. The Balaban J connectivity index is 1.73. The standard InChI is InChI=1S/C28H23N7O2/c1-17(32-25-19(15-29)16-31-28(30)34-25)26-33-23-10-6-9-22(18-11-13-21(37-2)14-12-18)24(23)27(36)35(26)20-7-4-3-5-8-20/h3-14,16-17H,1-2H3,(H3,30,31,32,34). The van der Waals surface area contributed by atoms with Crippen LogP contribution in [0.2, 0.25) is 0 Å². The molecule has 0 amide bonds. The predicted octanol–water partition coefficient (Wildman–Crippen LogP) is 4.48. The topological polar surface area (TPSA) is 132 Å². The zero-order valence-corrected chi connectivity index (χ0v) is 20.2. The lowest BCUT2D eigenvalue weighted by Gasteiger charge is -2.21. The lowest BCUT2D eigenvalue weighted by molar-refractivity contribution is 0.415. The molecule has 182 valence electrons. The molecule has 1 unspecified atom stereocenters. The maximum absolute atomic E-state index is 14.2. The highest BCUT2D eigenvalue weighted by Gasteiger charge is 2.21. The third-order valence-corrected chi connectivity index (χ3v) is 6.01. The molecule has 9 nitrogen and oxygen atoms in total. The van der Waals surface area contributed by atoms with Gasteiger partial charge in [-0.2, -0.15) is 10.2 Å². The molecule has 5 aromatic rings. The SMILES string of the molecule is COc1ccc(-c2cccc3nc(C(C)Nc4nc(N)ncc4C#N)n(-c4ccccc4)c(=O)c23)cc1. The van der Waals surface area contributed by atoms with Crippen molar-refractivity contribution in [3.05, 3.63) is 101 Å². The molecule has 2 aromatic heterocycles. The van der Waals surface area contributed by atoms with Gasteiger partial charge in [-0.25, -0.2) is 9.97 Å². The van der Waals surface area contributed by atoms with Gasteiger partial charge < -0.3 is 15.8 Å². The number of hydrogen-bond donors (Lipinski definition) is 2. The number of nitrogens with two attached hydrogens (primary N) is 1. The monoisotopic (exact) mass is 489 g/mol. The Labute approximate surface area is 212 Å². The van der Waals surface area contributed by atoms with Gasteiger partial charge in [0.15, 0.2) is 0 Å². The Morgan fingerprint density at radius 2 is 1.78 bits per heavy atom. The Hall–Kier alpha value is -5.23. The molecular weight excluding hydrogens is 466 g/mol. The van der Waals surface area contributed by atoms with Gasteiger partial charge in [0, 0.05) is 0 Å². The van der Waals surface area contributed by atoms with Crippen LogP contribution in [0.5, 0.6) is 5.75 Å². The number of benzene rings is 3. The van der Waals surface area contributed by atoms with E-state index in [0.717, 1.165) is 16.9 Å². The number of nitrogens with zero attached hydrogens (tertiary/aromatic N) is 5. The lowest BCUT2D eigenvalue weighted by atomic mass is 10.0. The van der Waals surface area contributed by atoms with Crippen molar-refractivity contribution in [2.24, 2.45) is 0 Å². The van der Waals surface area contributed by atoms with Crippen molar-refractivity contribution >= 4 is 22.7 Å². The van der Waals surface area contributed by atoms with Crippen LogP contribution in [0.25, 0.3) is 27.7 Å². The number of anilines is 2. The molecule has 0 aliphatic rings. The number of fused-ring (bicyclic) bond motifs is 1. The highest BCUT2D eigenvalue weighted by atomic mass is 16.5. The molecule has 5 rings (SSSR count). The third kappa shape index (κ3) is 4.44. The van der Waals surface area contributed by atoms with Crippen molar-refractivity contribution in [2.75, 3.05) is 18.2 Å². The van der Waals surface area contributed by atoms with E-state index in [9.17, 15) is 10.1 Å². The van der Waals surface area contributed by atoms with Crippen LogP contribution in [0.1, 0.15) is 24.4 Å². The average molecular weight is 490 g/mol. The summed E-state index contributed by atoms with van der Waals surface area (Å²) in [6.07, 6.45) is 1.36. The van der Waals surface area contributed by atoms with E-state index in [1.807, 2.05) is 79.7 Å². The largest absolute Gasteiger partial charge is 0.497 e. The molecule has 0 saturated heterocycles. The maximum Gasteiger partial charge on any atom is 0.266 e. The molecule has 9 heteroatoms. The second-order valence-electron chi connectivity index (χ2n) is 8.34. The van der Waals surface area contributed by atoms with Gasteiger partial charge in [-0.3, -0.25) is 9.36 Å². The highest BCUT2D eigenvalue weighted by Crippen LogP contribution is 2.29. The Bertz CT molecular complexity index is 1690. The molecule has 0 spiro atoms. The minimum atomic E-state index is -0.511. The molecule has 0 aliphatic carbocycles. The summed E-state index contributed by atoms with van der Waals surface area (Å²) in [5.41, 5.74) is 8.64. The van der Waals surface area contributed by atoms with E-state index in [-0.39, 0.29) is 22.9 Å². The van der Waals surface area contributed by atoms with E-state index in [2.05, 4.69) is 21.4 Å². The summed E-state index contributed by atoms with van der Waals surface area (Å²) in [4.78, 5) is 27.2. The highest BCUT2D eigenvalue weighted by molar-refractivity contribution is 5.94. The maximum atomic E-state index is 14.2. The van der Waals surface area contributed by atoms with Gasteiger partial charge in [0.1, 0.15) is 29.0 Å². The van der Waals surface area contributed by atoms with Gasteiger partial charge in [-0.05, 0) is 48.4 Å². The van der Waals surface area contributed by atoms with E-state index >= 15 is 0 Å². The van der Waals surface area contributed by atoms with Crippen LogP contribution in [0, 0.1) is 11.3 Å². The van der Waals surface area contributed by atoms with Crippen LogP contribution in [-0.2, 0) is 0 Å². The number of hydrogen-bond acceptors (Lipinski definition) is 8. The van der Waals surface area contributed by atoms with E-state index in [1.165, 1.54) is 6.20 Å². The Morgan fingerprint density at radius 3 is 2.49 bits per heavy atom. The van der Waals surface area contributed by atoms with Crippen molar-refractivity contribution in [3.8, 4) is 28.6 Å². The van der Waals surface area contributed by atoms with Gasteiger partial charge in [-0.15, -0.1) is 0 Å². The van der Waals surface area contributed by atoms with Crippen molar-refractivity contribution in [1.82, 2.24) is 19.5 Å². The third-order valence-electron chi connectivity index (χ3n) is 6.01. The Morgan fingerprint density at radius 1 is 1.03 bits per heavy atom. The normalized spacial score (nSPS) is 11.6. The number of methoxy groups -OCH3 is 1. The summed E-state index contributed by atoms with van der Waals surface area (Å²) in [5, 5.41) is 13.2. The molecule has 0 fully saturated rings. The van der Waals surface area contributed by atoms with Crippen molar-refractivity contribution in [2.45, 2.75) is 13.0 Å². The summed E-state index contributed by atoms with van der Waals surface area (Å²) in [5.74, 6) is 1.48. The number of rotatable bonds is 6. The summed E-state index contributed by atoms with van der Waals surface area (Å²) in [6, 6.07) is 24.0. The van der Waals surface area contributed by atoms with Crippen molar-refractivity contribution in [3.63, 3.8) is 0 Å². The van der Waals surface area contributed by atoms with Crippen LogP contribution in [0.15, 0.2) is 83.8 Å². The fraction of sp³-hybridized carbons (Fsp3) is 0.107. The first-order chi connectivity index (χ1) is 18.0. The van der Waals surface area contributed by atoms with Crippen LogP contribution in [-0.4, -0.2) is 26.6 Å². The zero-order valence-electron chi connectivity index (χ0n) is 20.2. The van der Waals surface area contributed by atoms with E-state index < -0.39 is 6.04 Å². The van der Waals surface area contributed by atoms with Crippen molar-refractivity contribution < 1.29 is 4.74 Å². The number of para-hydroxylation sites is 1. The molecule has 0 saturated carbocycles. The number of aromatic nitrogens is 4. The molecule has 2 heterocycles. The lowest BCUT2D eigenvalue weighted by Crippen LogP contribution is -2.28. The second-order valence-corrected chi connectivity index (χ2v) is 8.34. The predicted molar refractivity (Wildman–Crippen MR) is 143 cm³/mol. The molecule has 0 radical (unpaired) electrons. The molecule has 0 bridgehead atoms. The van der Waals surface area contributed by atoms with Crippen molar-refractivity contribution in [1.29, 1.82) is 5.26 Å². The van der Waals surface area contributed by atoms with Gasteiger partial charge >= 0.3 is 0 Å². The van der Waals surface area contributed by atoms with E-state index in [1.54, 1.807) is 11.7 Å². The van der Waals surface area contributed by atoms with Crippen LogP contribution in [0.3, 0.4) is 0 Å². The van der Waals surface area contributed by atoms with E-state index in [4.69, 9.17) is 15.5 Å². The summed E-state index contributed by atoms with van der Waals surface area (Å²) < 4.78 is 6.87. The van der Waals surface area contributed by atoms with Gasteiger partial charge in [0.05, 0.1) is 35.9 Å². The van der Waals surface area contributed by atoms with Gasteiger partial charge in [0.25, 0.3) is 5.56 Å². The molecule has 1 atom stereocenters. The first-order valence-electron chi connectivity index (χ1n) is 11.5. The molecule has 3 N–H and O–H groups in total. The number of nitrogens with one attached hydrogen (secondary N) is 1. The minimum absolute atomic E-state index is 0.0322. The molecule has 3 aromatic carbocycles. The van der Waals surface area contributed by atoms with E-state index in [0.29, 0.717) is 22.4 Å². The van der Waals surface area contributed by atoms with Crippen LogP contribution >= 0.6 is 0 Å². The number of nitriles is 1. The van der Waals surface area contributed by atoms with Gasteiger partial charge in [-0.1, -0.05) is 42.5 Å². The number of nitrogen functional groups attached to an aromatic ring is 1. The quantitative estimate of drug-likeness (QED) is 0.357. The first kappa shape index (κ1) is 23.5. The fourth-order valence-electron chi connectivity index (χ4n) is 4.23. The molecular formula is C28H23N7O2. The summed E-state index contributed by atoms with van der Waals surface area (Å²) in [7, 11) is 1.61. The molecule has 37 heavy (non-hydrogen) atoms. The Kier molecular flexibility index (Phi) is 6.22. The first-order valence-corrected chi connectivity index (χ1v) is 11.5. The molecule has 0 aliphatic heterocycles. The fourth-order valence-corrected chi connectivity index (χ4v) is 4.23. The smallest absolute Gasteiger partial charge is 0.266 e. The van der Waals surface area contributed by atoms with Crippen LogP contribution in [0.4, 0.5) is 11.8 Å². The average Bonchev–Trinajstić information content (AvgIpc) is 2.93.